The molecule has 0 unspecified atom stereocenters. The second-order valence-corrected chi connectivity index (χ2v) is 8.53. The molecule has 28 heavy (non-hydrogen) atoms. The minimum absolute atomic E-state index is 0. The molecule has 0 aromatic carbocycles. The zero-order valence-electron chi connectivity index (χ0n) is 17.4. The van der Waals surface area contributed by atoms with Crippen molar-refractivity contribution in [2.75, 3.05) is 33.7 Å². The summed E-state index contributed by atoms with van der Waals surface area (Å²) in [6.45, 7) is 7.23. The topological polar surface area (TPSA) is 48.7 Å². The first-order valence-corrected chi connectivity index (χ1v) is 10.6. The molecule has 1 aliphatic heterocycles. The third-order valence-electron chi connectivity index (χ3n) is 5.33. The lowest BCUT2D eigenvalue weighted by Crippen LogP contribution is -2.43. The summed E-state index contributed by atoms with van der Waals surface area (Å²) < 4.78 is 2.16. The summed E-state index contributed by atoms with van der Waals surface area (Å²) in [6, 6.07) is 4.24. The quantitative estimate of drug-likeness (QED) is 0.364. The average molecular weight is 516 g/mol. The van der Waals surface area contributed by atoms with E-state index in [1.807, 2.05) is 7.05 Å². The number of nitrogens with one attached hydrogen (secondary N) is 1. The number of piperidine rings is 1. The third kappa shape index (κ3) is 6.45. The summed E-state index contributed by atoms with van der Waals surface area (Å²) in [5, 5.41) is 6.93. The van der Waals surface area contributed by atoms with Gasteiger partial charge >= 0.3 is 0 Å². The lowest BCUT2D eigenvalue weighted by atomic mass is 9.97. The van der Waals surface area contributed by atoms with Gasteiger partial charge in [0.05, 0.1) is 17.2 Å². The molecule has 0 saturated carbocycles. The van der Waals surface area contributed by atoms with Crippen molar-refractivity contribution in [2.24, 2.45) is 18.0 Å². The van der Waals surface area contributed by atoms with Crippen LogP contribution in [0.2, 0.25) is 0 Å². The number of halogens is 1. The van der Waals surface area contributed by atoms with E-state index >= 15 is 0 Å². The Kier molecular flexibility index (Phi) is 9.23. The second kappa shape index (κ2) is 11.2. The van der Waals surface area contributed by atoms with Gasteiger partial charge in [-0.1, -0.05) is 0 Å². The number of guanidine groups is 1. The minimum Gasteiger partial charge on any atom is -0.356 e. The number of aryl methyl sites for hydroxylation is 2. The lowest BCUT2D eigenvalue weighted by Gasteiger charge is -2.32. The van der Waals surface area contributed by atoms with Gasteiger partial charge in [0.25, 0.3) is 0 Å². The zero-order valence-corrected chi connectivity index (χ0v) is 20.5. The van der Waals surface area contributed by atoms with Crippen LogP contribution in [0.4, 0.5) is 0 Å². The first kappa shape index (κ1) is 23.2. The molecule has 0 bridgehead atoms. The van der Waals surface area contributed by atoms with E-state index in [0.717, 1.165) is 43.7 Å². The minimum atomic E-state index is 0. The van der Waals surface area contributed by atoms with Crippen LogP contribution < -0.4 is 5.32 Å². The molecule has 3 rings (SSSR count). The van der Waals surface area contributed by atoms with Crippen LogP contribution in [0, 0.1) is 12.8 Å². The first-order chi connectivity index (χ1) is 13.0. The van der Waals surface area contributed by atoms with Gasteiger partial charge in [-0.25, -0.2) is 4.98 Å². The van der Waals surface area contributed by atoms with Crippen LogP contribution >= 0.6 is 35.3 Å². The molecule has 1 aliphatic rings. The van der Waals surface area contributed by atoms with Crippen LogP contribution in [-0.4, -0.2) is 59.0 Å². The molecule has 156 valence electrons. The van der Waals surface area contributed by atoms with Crippen LogP contribution in [0.1, 0.15) is 29.2 Å². The van der Waals surface area contributed by atoms with E-state index in [1.54, 1.807) is 11.3 Å². The normalized spacial score (nSPS) is 16.1. The Morgan fingerprint density at radius 2 is 2.14 bits per heavy atom. The fourth-order valence-corrected chi connectivity index (χ4v) is 4.26. The van der Waals surface area contributed by atoms with E-state index < -0.39 is 0 Å². The van der Waals surface area contributed by atoms with Crippen molar-refractivity contribution in [1.29, 1.82) is 0 Å². The van der Waals surface area contributed by atoms with Gasteiger partial charge in [0, 0.05) is 51.5 Å². The Morgan fingerprint density at radius 3 is 2.71 bits per heavy atom. The molecule has 3 heterocycles. The van der Waals surface area contributed by atoms with E-state index in [1.165, 1.54) is 24.2 Å². The molecule has 8 heteroatoms. The molecule has 1 fully saturated rings. The van der Waals surface area contributed by atoms with Crippen molar-refractivity contribution in [3.8, 4) is 0 Å². The van der Waals surface area contributed by atoms with Gasteiger partial charge in [-0.15, -0.1) is 35.3 Å². The van der Waals surface area contributed by atoms with E-state index in [0.29, 0.717) is 5.92 Å². The van der Waals surface area contributed by atoms with Crippen molar-refractivity contribution >= 4 is 41.3 Å². The number of thiazole rings is 1. The largest absolute Gasteiger partial charge is 0.356 e. The summed E-state index contributed by atoms with van der Waals surface area (Å²) >= 11 is 1.74. The lowest BCUT2D eigenvalue weighted by molar-refractivity contribution is 0.176. The molecule has 1 saturated heterocycles. The highest BCUT2D eigenvalue weighted by Gasteiger charge is 2.20. The van der Waals surface area contributed by atoms with Gasteiger partial charge in [-0.05, 0) is 50.9 Å². The van der Waals surface area contributed by atoms with Gasteiger partial charge in [0.15, 0.2) is 5.96 Å². The maximum absolute atomic E-state index is 4.59. The third-order valence-corrected chi connectivity index (χ3v) is 6.15. The molecule has 0 spiro atoms. The predicted octanol–water partition coefficient (Wildman–Crippen LogP) is 3.33. The molecule has 1 N–H and O–H groups in total. The maximum atomic E-state index is 4.59. The van der Waals surface area contributed by atoms with Gasteiger partial charge in [0.1, 0.15) is 0 Å². The number of nitrogens with zero attached hydrogens (tertiary/aromatic N) is 5. The zero-order chi connectivity index (χ0) is 19.2. The summed E-state index contributed by atoms with van der Waals surface area (Å²) in [5.74, 6) is 1.68. The average Bonchev–Trinajstić information content (AvgIpc) is 3.25. The Morgan fingerprint density at radius 1 is 1.39 bits per heavy atom. The van der Waals surface area contributed by atoms with Gasteiger partial charge in [-0.2, -0.15) is 0 Å². The number of rotatable bonds is 6. The number of hydrogen-bond acceptors (Lipinski definition) is 4. The fraction of sp³-hybridized carbons (Fsp3) is 0.600. The number of aliphatic imine (C=N–C) groups is 1. The van der Waals surface area contributed by atoms with Crippen LogP contribution in [0.25, 0.3) is 0 Å². The van der Waals surface area contributed by atoms with Crippen molar-refractivity contribution in [1.82, 2.24) is 24.7 Å². The van der Waals surface area contributed by atoms with Crippen LogP contribution in [0.3, 0.4) is 0 Å². The van der Waals surface area contributed by atoms with Crippen molar-refractivity contribution < 1.29 is 0 Å². The Hall–Kier alpha value is -1.13. The summed E-state index contributed by atoms with van der Waals surface area (Å²) in [7, 11) is 6.04. The number of likely N-dealkylation sites (tertiary alicyclic amines) is 1. The second-order valence-electron chi connectivity index (χ2n) is 7.47. The van der Waals surface area contributed by atoms with Gasteiger partial charge in [0.2, 0.25) is 0 Å². The SMILES string of the molecule is CN=C(NCC1CCN(Cc2csc(C)n2)CC1)N(C)Cc1cccn1C.I. The molecule has 2 aromatic heterocycles. The van der Waals surface area contributed by atoms with Gasteiger partial charge < -0.3 is 14.8 Å². The maximum Gasteiger partial charge on any atom is 0.193 e. The molecule has 6 nitrogen and oxygen atoms in total. The standard InChI is InChI=1S/C20H32N6S.HI/c1-16-23-18(15-27-16)13-26-10-7-17(8-11-26)12-22-20(21-2)25(4)14-19-6-5-9-24(19)3;/h5-6,9,15,17H,7-8,10-14H2,1-4H3,(H,21,22);1H. The molecular weight excluding hydrogens is 483 g/mol. The van der Waals surface area contributed by atoms with Gasteiger partial charge in [-0.3, -0.25) is 9.89 Å². The van der Waals surface area contributed by atoms with Crippen molar-refractivity contribution in [2.45, 2.75) is 32.9 Å². The molecule has 0 aliphatic carbocycles. The predicted molar refractivity (Wildman–Crippen MR) is 129 cm³/mol. The highest BCUT2D eigenvalue weighted by Crippen LogP contribution is 2.19. The van der Waals surface area contributed by atoms with Crippen LogP contribution in [0.5, 0.6) is 0 Å². The highest BCUT2D eigenvalue weighted by atomic mass is 127. The van der Waals surface area contributed by atoms with E-state index in [2.05, 4.69) is 74.4 Å². The summed E-state index contributed by atoms with van der Waals surface area (Å²) in [5.41, 5.74) is 2.50. The number of hydrogen-bond donors (Lipinski definition) is 1. The van der Waals surface area contributed by atoms with Crippen LogP contribution in [-0.2, 0) is 20.1 Å². The molecular formula is C20H33IN6S. The summed E-state index contributed by atoms with van der Waals surface area (Å²) in [4.78, 5) is 13.8. The van der Waals surface area contributed by atoms with E-state index in [-0.39, 0.29) is 24.0 Å². The molecule has 2 aromatic rings. The Labute approximate surface area is 190 Å². The molecule has 0 radical (unpaired) electrons. The monoisotopic (exact) mass is 516 g/mol. The highest BCUT2D eigenvalue weighted by molar-refractivity contribution is 14.0. The Balaban J connectivity index is 0.00000280. The van der Waals surface area contributed by atoms with Crippen LogP contribution in [0.15, 0.2) is 28.7 Å². The van der Waals surface area contributed by atoms with Crippen molar-refractivity contribution in [3.05, 3.63) is 40.1 Å². The number of aromatic nitrogens is 2. The Bertz CT molecular complexity index is 747. The van der Waals surface area contributed by atoms with E-state index in [9.17, 15) is 0 Å². The first-order valence-electron chi connectivity index (χ1n) is 9.70. The van der Waals surface area contributed by atoms with Crippen molar-refractivity contribution in [3.63, 3.8) is 0 Å². The summed E-state index contributed by atoms with van der Waals surface area (Å²) in [6.07, 6.45) is 4.54. The molecule has 0 atom stereocenters. The smallest absolute Gasteiger partial charge is 0.193 e. The fourth-order valence-electron chi connectivity index (χ4n) is 3.66. The van der Waals surface area contributed by atoms with E-state index in [4.69, 9.17) is 0 Å². The molecule has 0 amide bonds.